The summed E-state index contributed by atoms with van der Waals surface area (Å²) >= 11 is 0. The molecular formula is C19H25N3O2. The van der Waals surface area contributed by atoms with Crippen molar-refractivity contribution in [2.45, 2.75) is 26.2 Å². The highest BCUT2D eigenvalue weighted by Gasteiger charge is 2.13. The summed E-state index contributed by atoms with van der Waals surface area (Å²) in [6, 6.07) is 11.4. The predicted octanol–water partition coefficient (Wildman–Crippen LogP) is 3.69. The lowest BCUT2D eigenvalue weighted by Gasteiger charge is -2.19. The van der Waals surface area contributed by atoms with E-state index < -0.39 is 0 Å². The minimum atomic E-state index is -0.220. The van der Waals surface area contributed by atoms with Gasteiger partial charge in [0.15, 0.2) is 0 Å². The summed E-state index contributed by atoms with van der Waals surface area (Å²) in [5.41, 5.74) is 3.32. The minimum absolute atomic E-state index is 0.0930. The summed E-state index contributed by atoms with van der Waals surface area (Å²) in [5.74, 6) is -0.220. The number of benzene rings is 1. The van der Waals surface area contributed by atoms with Crippen LogP contribution in [0.4, 0.5) is 11.4 Å². The number of aromatic nitrogens is 1. The van der Waals surface area contributed by atoms with Gasteiger partial charge in [-0.1, -0.05) is 32.9 Å². The standard InChI is InChI=1S/C19H25N3O2/c1-19(2,3)14-5-7-15(8-6-14)22-18(23)17-10-9-16(13-21-17)20-11-12-24-4/h5-10,13,20H,11-12H2,1-4H3,(H,22,23). The van der Waals surface area contributed by atoms with Crippen molar-refractivity contribution in [3.63, 3.8) is 0 Å². The molecule has 1 aromatic heterocycles. The molecule has 0 bridgehead atoms. The summed E-state index contributed by atoms with van der Waals surface area (Å²) < 4.78 is 4.97. The summed E-state index contributed by atoms with van der Waals surface area (Å²) in [7, 11) is 1.65. The van der Waals surface area contributed by atoms with Crippen LogP contribution in [0.5, 0.6) is 0 Å². The Morgan fingerprint density at radius 3 is 2.29 bits per heavy atom. The van der Waals surface area contributed by atoms with Gasteiger partial charge in [0, 0.05) is 19.3 Å². The Balaban J connectivity index is 1.96. The molecule has 0 aliphatic carbocycles. The maximum absolute atomic E-state index is 12.3. The number of nitrogens with zero attached hydrogens (tertiary/aromatic N) is 1. The normalized spacial score (nSPS) is 11.2. The van der Waals surface area contributed by atoms with Crippen LogP contribution in [0.15, 0.2) is 42.6 Å². The second-order valence-corrected chi connectivity index (χ2v) is 6.63. The lowest BCUT2D eigenvalue weighted by Crippen LogP contribution is -2.15. The smallest absolute Gasteiger partial charge is 0.274 e. The van der Waals surface area contributed by atoms with Crippen LogP contribution in [-0.4, -0.2) is 31.2 Å². The number of nitrogens with one attached hydrogen (secondary N) is 2. The summed E-state index contributed by atoms with van der Waals surface area (Å²) in [6.45, 7) is 7.79. The SMILES string of the molecule is COCCNc1ccc(C(=O)Nc2ccc(C(C)(C)C)cc2)nc1. The van der Waals surface area contributed by atoms with Crippen LogP contribution in [0.2, 0.25) is 0 Å². The zero-order valence-electron chi connectivity index (χ0n) is 14.7. The van der Waals surface area contributed by atoms with Gasteiger partial charge < -0.3 is 15.4 Å². The Morgan fingerprint density at radius 2 is 1.75 bits per heavy atom. The van der Waals surface area contributed by atoms with Gasteiger partial charge in [0.25, 0.3) is 5.91 Å². The van der Waals surface area contributed by atoms with Crippen molar-refractivity contribution in [2.24, 2.45) is 0 Å². The van der Waals surface area contributed by atoms with E-state index in [1.54, 1.807) is 19.4 Å². The maximum atomic E-state index is 12.3. The fraction of sp³-hybridized carbons (Fsp3) is 0.368. The van der Waals surface area contributed by atoms with Crippen LogP contribution < -0.4 is 10.6 Å². The van der Waals surface area contributed by atoms with E-state index in [-0.39, 0.29) is 11.3 Å². The Morgan fingerprint density at radius 1 is 1.08 bits per heavy atom. The maximum Gasteiger partial charge on any atom is 0.274 e. The number of amides is 1. The molecule has 1 amide bonds. The van der Waals surface area contributed by atoms with Gasteiger partial charge in [0.2, 0.25) is 0 Å². The first-order valence-corrected chi connectivity index (χ1v) is 8.01. The number of hydrogen-bond donors (Lipinski definition) is 2. The van der Waals surface area contributed by atoms with Crippen LogP contribution in [0.1, 0.15) is 36.8 Å². The zero-order chi connectivity index (χ0) is 17.6. The molecule has 1 aromatic carbocycles. The second kappa shape index (κ2) is 7.93. The quantitative estimate of drug-likeness (QED) is 0.794. The average molecular weight is 327 g/mol. The summed E-state index contributed by atoms with van der Waals surface area (Å²) in [6.07, 6.45) is 1.65. The van der Waals surface area contributed by atoms with Gasteiger partial charge in [-0.15, -0.1) is 0 Å². The van der Waals surface area contributed by atoms with Gasteiger partial charge in [0.05, 0.1) is 18.5 Å². The molecule has 0 atom stereocenters. The first kappa shape index (κ1) is 17.9. The van der Waals surface area contributed by atoms with Gasteiger partial charge in [-0.05, 0) is 35.2 Å². The van der Waals surface area contributed by atoms with E-state index in [0.29, 0.717) is 18.8 Å². The second-order valence-electron chi connectivity index (χ2n) is 6.63. The van der Waals surface area contributed by atoms with Gasteiger partial charge in [-0.25, -0.2) is 4.98 Å². The van der Waals surface area contributed by atoms with E-state index in [1.807, 2.05) is 30.3 Å². The highest BCUT2D eigenvalue weighted by Crippen LogP contribution is 2.23. The van der Waals surface area contributed by atoms with E-state index in [9.17, 15) is 4.79 Å². The van der Waals surface area contributed by atoms with E-state index in [4.69, 9.17) is 4.74 Å². The molecule has 2 rings (SSSR count). The molecule has 0 saturated heterocycles. The van der Waals surface area contributed by atoms with Crippen molar-refractivity contribution in [3.8, 4) is 0 Å². The van der Waals surface area contributed by atoms with Crippen molar-refractivity contribution in [1.82, 2.24) is 4.98 Å². The molecule has 24 heavy (non-hydrogen) atoms. The summed E-state index contributed by atoms with van der Waals surface area (Å²) in [5, 5.41) is 6.03. The number of carbonyl (C=O) groups excluding carboxylic acids is 1. The lowest BCUT2D eigenvalue weighted by atomic mass is 9.87. The van der Waals surface area contributed by atoms with Crippen LogP contribution in [0.25, 0.3) is 0 Å². The van der Waals surface area contributed by atoms with E-state index in [1.165, 1.54) is 5.56 Å². The molecule has 0 aliphatic rings. The minimum Gasteiger partial charge on any atom is -0.383 e. The highest BCUT2D eigenvalue weighted by atomic mass is 16.5. The first-order valence-electron chi connectivity index (χ1n) is 8.01. The van der Waals surface area contributed by atoms with Crippen LogP contribution in [0.3, 0.4) is 0 Å². The largest absolute Gasteiger partial charge is 0.383 e. The van der Waals surface area contributed by atoms with Crippen molar-refractivity contribution in [3.05, 3.63) is 53.9 Å². The number of ether oxygens (including phenoxy) is 1. The number of pyridine rings is 1. The Bertz CT molecular complexity index is 659. The number of anilines is 2. The zero-order valence-corrected chi connectivity index (χ0v) is 14.7. The van der Waals surface area contributed by atoms with E-state index in [0.717, 1.165) is 11.4 Å². The molecule has 1 heterocycles. The van der Waals surface area contributed by atoms with Gasteiger partial charge in [0.1, 0.15) is 5.69 Å². The molecule has 0 unspecified atom stereocenters. The number of rotatable bonds is 6. The number of methoxy groups -OCH3 is 1. The van der Waals surface area contributed by atoms with E-state index >= 15 is 0 Å². The van der Waals surface area contributed by atoms with Crippen LogP contribution in [-0.2, 0) is 10.2 Å². The Kier molecular flexibility index (Phi) is 5.93. The Labute approximate surface area is 143 Å². The van der Waals surface area contributed by atoms with Crippen LogP contribution >= 0.6 is 0 Å². The molecule has 5 heteroatoms. The molecule has 0 radical (unpaired) electrons. The van der Waals surface area contributed by atoms with Crippen molar-refractivity contribution in [1.29, 1.82) is 0 Å². The Hall–Kier alpha value is -2.40. The lowest BCUT2D eigenvalue weighted by molar-refractivity contribution is 0.102. The van der Waals surface area contributed by atoms with Gasteiger partial charge in [-0.2, -0.15) is 0 Å². The fourth-order valence-electron chi connectivity index (χ4n) is 2.18. The molecule has 2 aromatic rings. The molecule has 0 aliphatic heterocycles. The molecule has 5 nitrogen and oxygen atoms in total. The average Bonchev–Trinajstić information content (AvgIpc) is 2.55. The fourth-order valence-corrected chi connectivity index (χ4v) is 2.18. The van der Waals surface area contributed by atoms with Gasteiger partial charge in [-0.3, -0.25) is 4.79 Å². The molecule has 128 valence electrons. The third kappa shape index (κ3) is 5.06. The molecule has 0 fully saturated rings. The molecule has 0 spiro atoms. The summed E-state index contributed by atoms with van der Waals surface area (Å²) in [4.78, 5) is 16.4. The number of hydrogen-bond acceptors (Lipinski definition) is 4. The number of carbonyl (C=O) groups is 1. The molecule has 2 N–H and O–H groups in total. The van der Waals surface area contributed by atoms with Crippen molar-refractivity contribution < 1.29 is 9.53 Å². The van der Waals surface area contributed by atoms with Crippen molar-refractivity contribution >= 4 is 17.3 Å². The van der Waals surface area contributed by atoms with Gasteiger partial charge >= 0.3 is 0 Å². The third-order valence-corrected chi connectivity index (χ3v) is 3.64. The van der Waals surface area contributed by atoms with Crippen molar-refractivity contribution in [2.75, 3.05) is 30.9 Å². The predicted molar refractivity (Wildman–Crippen MR) is 97.7 cm³/mol. The van der Waals surface area contributed by atoms with E-state index in [2.05, 4.69) is 36.4 Å². The van der Waals surface area contributed by atoms with Crippen LogP contribution in [0, 0.1) is 0 Å². The molecule has 0 saturated carbocycles. The topological polar surface area (TPSA) is 63.2 Å². The first-order chi connectivity index (χ1) is 11.4. The third-order valence-electron chi connectivity index (χ3n) is 3.64. The monoisotopic (exact) mass is 327 g/mol. The molecular weight excluding hydrogens is 302 g/mol. The highest BCUT2D eigenvalue weighted by molar-refractivity contribution is 6.02.